The third-order valence-electron chi connectivity index (χ3n) is 3.91. The summed E-state index contributed by atoms with van der Waals surface area (Å²) in [5, 5.41) is 8.24. The third-order valence-corrected chi connectivity index (χ3v) is 3.91. The van der Waals surface area contributed by atoms with Crippen molar-refractivity contribution in [3.05, 3.63) is 61.0 Å². The van der Waals surface area contributed by atoms with Gasteiger partial charge in [-0.2, -0.15) is 0 Å². The van der Waals surface area contributed by atoms with Crippen molar-refractivity contribution in [2.75, 3.05) is 0 Å². The van der Waals surface area contributed by atoms with Gasteiger partial charge >= 0.3 is 0 Å². The first-order chi connectivity index (χ1) is 11.4. The monoisotopic (exact) mass is 308 g/mol. The number of unbranched alkanes of at least 4 members (excludes halogenated alkanes) is 3. The van der Waals surface area contributed by atoms with Gasteiger partial charge in [0.25, 0.3) is 0 Å². The van der Waals surface area contributed by atoms with Gasteiger partial charge in [-0.05, 0) is 42.7 Å². The molecule has 0 N–H and O–H groups in total. The largest absolute Gasteiger partial charge is 0.471 e. The lowest BCUT2D eigenvalue weighted by atomic mass is 10.1. The summed E-state index contributed by atoms with van der Waals surface area (Å²) < 4.78 is 7.57. The van der Waals surface area contributed by atoms with Gasteiger partial charge in [-0.3, -0.25) is 0 Å². The Morgan fingerprint density at radius 1 is 0.957 bits per heavy atom. The van der Waals surface area contributed by atoms with Crippen LogP contribution in [0.2, 0.25) is 0 Å². The first-order valence-corrected chi connectivity index (χ1v) is 8.16. The van der Waals surface area contributed by atoms with Crippen molar-refractivity contribution in [3.8, 4) is 5.75 Å². The van der Waals surface area contributed by atoms with Crippen molar-refractivity contribution in [3.63, 3.8) is 0 Å². The number of ether oxygens (including phenoxy) is 1. The zero-order valence-electron chi connectivity index (χ0n) is 13.3. The number of hydrogen-bond acceptors (Lipinski definition) is 3. The van der Waals surface area contributed by atoms with Crippen LogP contribution in [0, 0.1) is 6.92 Å². The van der Waals surface area contributed by atoms with Gasteiger partial charge in [-0.15, -0.1) is 5.10 Å². The Morgan fingerprint density at radius 3 is 2.61 bits per heavy atom. The summed E-state index contributed by atoms with van der Waals surface area (Å²) in [4.78, 5) is 0. The molecule has 0 aliphatic rings. The van der Waals surface area contributed by atoms with Crippen LogP contribution in [0.4, 0.5) is 0 Å². The van der Waals surface area contributed by atoms with E-state index in [1.54, 1.807) is 4.68 Å². The topological polar surface area (TPSA) is 39.9 Å². The number of rotatable bonds is 8. The molecule has 3 rings (SSSR count). The van der Waals surface area contributed by atoms with Crippen LogP contribution in [0.25, 0.3) is 11.0 Å². The van der Waals surface area contributed by atoms with Crippen molar-refractivity contribution in [1.29, 1.82) is 0 Å². The Balaban J connectivity index is 1.54. The Labute approximate surface area is 137 Å². The molecule has 1 aromatic heterocycles. The SMILES string of the molecule is [CH2]CCCCCc1ccc(OCn2nnc3ccccc32)cc1. The highest BCUT2D eigenvalue weighted by Gasteiger charge is 2.03. The smallest absolute Gasteiger partial charge is 0.183 e. The molecule has 4 heteroatoms. The fraction of sp³-hybridized carbons (Fsp3) is 0.316. The van der Waals surface area contributed by atoms with E-state index in [0.29, 0.717) is 6.73 Å². The molecule has 4 nitrogen and oxygen atoms in total. The molecule has 0 saturated carbocycles. The number of fused-ring (bicyclic) bond motifs is 1. The van der Waals surface area contributed by atoms with Crippen LogP contribution in [0.1, 0.15) is 31.2 Å². The maximum Gasteiger partial charge on any atom is 0.183 e. The summed E-state index contributed by atoms with van der Waals surface area (Å²) in [7, 11) is 0. The average molecular weight is 308 g/mol. The van der Waals surface area contributed by atoms with Gasteiger partial charge in [-0.1, -0.05) is 55.7 Å². The maximum atomic E-state index is 5.81. The molecule has 23 heavy (non-hydrogen) atoms. The zero-order valence-corrected chi connectivity index (χ0v) is 13.3. The second kappa shape index (κ2) is 7.77. The van der Waals surface area contributed by atoms with Crippen molar-refractivity contribution < 1.29 is 4.74 Å². The third kappa shape index (κ3) is 4.09. The fourth-order valence-electron chi connectivity index (χ4n) is 2.58. The molecule has 0 aliphatic carbocycles. The van der Waals surface area contributed by atoms with Gasteiger partial charge in [0.2, 0.25) is 0 Å². The summed E-state index contributed by atoms with van der Waals surface area (Å²) in [5.74, 6) is 0.853. The van der Waals surface area contributed by atoms with Gasteiger partial charge in [0.15, 0.2) is 6.73 Å². The predicted molar refractivity (Wildman–Crippen MR) is 92.1 cm³/mol. The molecular weight excluding hydrogens is 286 g/mol. The summed E-state index contributed by atoms with van der Waals surface area (Å²) >= 11 is 0. The highest BCUT2D eigenvalue weighted by atomic mass is 16.5. The van der Waals surface area contributed by atoms with Crippen molar-refractivity contribution in [2.24, 2.45) is 0 Å². The fourth-order valence-corrected chi connectivity index (χ4v) is 2.58. The lowest BCUT2D eigenvalue weighted by Gasteiger charge is -2.07. The molecule has 1 radical (unpaired) electrons. The summed E-state index contributed by atoms with van der Waals surface area (Å²) in [6.07, 6.45) is 5.84. The molecule has 0 spiro atoms. The van der Waals surface area contributed by atoms with E-state index in [1.807, 2.05) is 36.4 Å². The van der Waals surface area contributed by atoms with Crippen molar-refractivity contribution >= 4 is 11.0 Å². The molecule has 3 aromatic rings. The van der Waals surface area contributed by atoms with Crippen LogP contribution < -0.4 is 4.74 Å². The van der Waals surface area contributed by atoms with E-state index in [4.69, 9.17) is 4.74 Å². The van der Waals surface area contributed by atoms with Crippen LogP contribution in [0.15, 0.2) is 48.5 Å². The minimum Gasteiger partial charge on any atom is -0.471 e. The second-order valence-electron chi connectivity index (χ2n) is 5.66. The van der Waals surface area contributed by atoms with Gasteiger partial charge in [0.05, 0.1) is 5.52 Å². The van der Waals surface area contributed by atoms with E-state index in [1.165, 1.54) is 24.8 Å². The van der Waals surface area contributed by atoms with Crippen molar-refractivity contribution in [2.45, 2.75) is 38.8 Å². The Morgan fingerprint density at radius 2 is 1.78 bits per heavy atom. The molecule has 0 saturated heterocycles. The maximum absolute atomic E-state index is 5.81. The Kier molecular flexibility index (Phi) is 5.25. The highest BCUT2D eigenvalue weighted by Crippen LogP contribution is 2.16. The number of aromatic nitrogens is 3. The van der Waals surface area contributed by atoms with Crippen LogP contribution in [-0.2, 0) is 13.2 Å². The molecule has 0 fully saturated rings. The number of para-hydroxylation sites is 1. The summed E-state index contributed by atoms with van der Waals surface area (Å²) in [5.41, 5.74) is 3.22. The lowest BCUT2D eigenvalue weighted by molar-refractivity contribution is 0.223. The minimum absolute atomic E-state index is 0.364. The van der Waals surface area contributed by atoms with Crippen LogP contribution in [0.5, 0.6) is 5.75 Å². The van der Waals surface area contributed by atoms with E-state index >= 15 is 0 Å². The molecule has 0 amide bonds. The van der Waals surface area contributed by atoms with Gasteiger partial charge in [0.1, 0.15) is 11.3 Å². The molecule has 2 aromatic carbocycles. The van der Waals surface area contributed by atoms with E-state index in [2.05, 4.69) is 29.4 Å². The summed E-state index contributed by atoms with van der Waals surface area (Å²) in [6.45, 7) is 4.24. The normalized spacial score (nSPS) is 11.0. The Hall–Kier alpha value is -2.36. The van der Waals surface area contributed by atoms with Gasteiger partial charge in [-0.25, -0.2) is 4.68 Å². The molecule has 0 atom stereocenters. The van der Waals surface area contributed by atoms with Crippen LogP contribution in [-0.4, -0.2) is 15.0 Å². The number of nitrogens with zero attached hydrogens (tertiary/aromatic N) is 3. The lowest BCUT2D eigenvalue weighted by Crippen LogP contribution is -2.06. The Bertz CT molecular complexity index is 734. The standard InChI is InChI=1S/C19H22N3O/c1-2-3-4-5-8-16-11-13-17(14-12-16)23-15-22-19-10-7-6-9-18(19)20-21-22/h6-7,9-14H,1-5,8,15H2. The first-order valence-electron chi connectivity index (χ1n) is 8.16. The van der Waals surface area contributed by atoms with Gasteiger partial charge in [0, 0.05) is 0 Å². The molecule has 1 heterocycles. The average Bonchev–Trinajstić information content (AvgIpc) is 3.01. The first kappa shape index (κ1) is 15.5. The van der Waals surface area contributed by atoms with Gasteiger partial charge < -0.3 is 4.74 Å². The predicted octanol–water partition coefficient (Wildman–Crippen LogP) is 4.40. The van der Waals surface area contributed by atoms with Crippen molar-refractivity contribution in [1.82, 2.24) is 15.0 Å². The minimum atomic E-state index is 0.364. The molecule has 0 aliphatic heterocycles. The molecule has 119 valence electrons. The number of benzene rings is 2. The highest BCUT2D eigenvalue weighted by molar-refractivity contribution is 5.73. The number of aryl methyl sites for hydroxylation is 1. The zero-order chi connectivity index (χ0) is 15.9. The quantitative estimate of drug-likeness (QED) is 0.579. The number of hydrogen-bond donors (Lipinski definition) is 0. The van der Waals surface area contributed by atoms with E-state index < -0.39 is 0 Å². The molecule has 0 bridgehead atoms. The van der Waals surface area contributed by atoms with E-state index in [0.717, 1.165) is 29.6 Å². The molecular formula is C19H22N3O. The summed E-state index contributed by atoms with van der Waals surface area (Å²) in [6, 6.07) is 16.2. The van der Waals surface area contributed by atoms with Crippen LogP contribution >= 0.6 is 0 Å². The van der Waals surface area contributed by atoms with E-state index in [9.17, 15) is 0 Å². The van der Waals surface area contributed by atoms with E-state index in [-0.39, 0.29) is 0 Å². The second-order valence-corrected chi connectivity index (χ2v) is 5.66. The van der Waals surface area contributed by atoms with Crippen LogP contribution in [0.3, 0.4) is 0 Å². The molecule has 0 unspecified atom stereocenters.